The highest BCUT2D eigenvalue weighted by molar-refractivity contribution is 5.80. The molecule has 1 fully saturated rings. The quantitative estimate of drug-likeness (QED) is 0.495. The summed E-state index contributed by atoms with van der Waals surface area (Å²) in [5.41, 5.74) is 0. The van der Waals surface area contributed by atoms with Gasteiger partial charge < -0.3 is 4.48 Å². The fourth-order valence-corrected chi connectivity index (χ4v) is 1.89. The van der Waals surface area contributed by atoms with Gasteiger partial charge in [-0.25, -0.2) is 0 Å². The molecule has 10 heavy (non-hydrogen) atoms. The van der Waals surface area contributed by atoms with Crippen LogP contribution in [0.5, 0.6) is 0 Å². The minimum atomic E-state index is 0.278. The van der Waals surface area contributed by atoms with Crippen LogP contribution in [-0.2, 0) is 4.79 Å². The fraction of sp³-hybridized carbons (Fsp3) is 0.875. The largest absolute Gasteiger partial charge is 0.320 e. The van der Waals surface area contributed by atoms with Crippen molar-refractivity contribution in [1.82, 2.24) is 0 Å². The number of likely N-dealkylation sites (N-methyl/N-ethyl adjacent to an activating group) is 1. The molecule has 0 aromatic rings. The van der Waals surface area contributed by atoms with E-state index in [1.807, 2.05) is 0 Å². The summed E-state index contributed by atoms with van der Waals surface area (Å²) in [6.45, 7) is 2.86. The Balaban J connectivity index is 2.68. The molecule has 58 valence electrons. The topological polar surface area (TPSA) is 17.1 Å². The van der Waals surface area contributed by atoms with Crippen LogP contribution in [0.25, 0.3) is 0 Å². The Morgan fingerprint density at radius 1 is 1.50 bits per heavy atom. The molecule has 1 unspecified atom stereocenters. The third-order valence-electron chi connectivity index (χ3n) is 2.52. The molecular formula is C8H16NO+. The number of likely N-dealkylation sites (tertiary alicyclic amines) is 1. The molecule has 1 aliphatic rings. The SMILES string of the molecule is CC(=O)C1CCC[N+]1(C)C. The smallest absolute Gasteiger partial charge is 0.186 e. The van der Waals surface area contributed by atoms with Crippen LogP contribution in [-0.4, -0.2) is 36.9 Å². The minimum Gasteiger partial charge on any atom is -0.320 e. The minimum absolute atomic E-state index is 0.278. The Bertz CT molecular complexity index is 151. The first-order valence-corrected chi connectivity index (χ1v) is 3.87. The third kappa shape index (κ3) is 1.21. The van der Waals surface area contributed by atoms with Crippen molar-refractivity contribution < 1.29 is 9.28 Å². The Labute approximate surface area is 62.4 Å². The summed E-state index contributed by atoms with van der Waals surface area (Å²) < 4.78 is 0.898. The van der Waals surface area contributed by atoms with E-state index in [2.05, 4.69) is 14.1 Å². The number of quaternary nitrogens is 1. The van der Waals surface area contributed by atoms with Gasteiger partial charge in [-0.05, 0) is 0 Å². The average Bonchev–Trinajstić information content (AvgIpc) is 2.08. The predicted octanol–water partition coefficient (Wildman–Crippen LogP) is 0.814. The molecule has 0 bridgehead atoms. The lowest BCUT2D eigenvalue weighted by atomic mass is 10.1. The van der Waals surface area contributed by atoms with E-state index in [1.54, 1.807) is 6.92 Å². The lowest BCUT2D eigenvalue weighted by Crippen LogP contribution is -2.47. The maximum atomic E-state index is 11.0. The van der Waals surface area contributed by atoms with Crippen molar-refractivity contribution in [2.75, 3.05) is 20.6 Å². The first kappa shape index (κ1) is 7.73. The summed E-state index contributed by atoms with van der Waals surface area (Å²) in [7, 11) is 4.28. The molecule has 1 heterocycles. The van der Waals surface area contributed by atoms with E-state index in [9.17, 15) is 4.79 Å². The van der Waals surface area contributed by atoms with Crippen molar-refractivity contribution in [3.8, 4) is 0 Å². The molecule has 2 nitrogen and oxygen atoms in total. The number of carbonyl (C=O) groups excluding carboxylic acids is 1. The fourth-order valence-electron chi connectivity index (χ4n) is 1.89. The van der Waals surface area contributed by atoms with Crippen LogP contribution in [0.15, 0.2) is 0 Å². The van der Waals surface area contributed by atoms with E-state index in [4.69, 9.17) is 0 Å². The van der Waals surface area contributed by atoms with Crippen molar-refractivity contribution in [3.63, 3.8) is 0 Å². The summed E-state index contributed by atoms with van der Waals surface area (Å²) in [5.74, 6) is 0.350. The lowest BCUT2D eigenvalue weighted by molar-refractivity contribution is -0.892. The van der Waals surface area contributed by atoms with Crippen molar-refractivity contribution in [1.29, 1.82) is 0 Å². The summed E-state index contributed by atoms with van der Waals surface area (Å²) in [5, 5.41) is 0. The standard InChI is InChI=1S/C8H16NO/c1-7(10)8-5-4-6-9(8,2)3/h8H,4-6H2,1-3H3/q+1. The average molecular weight is 142 g/mol. The first-order valence-electron chi connectivity index (χ1n) is 3.87. The van der Waals surface area contributed by atoms with Gasteiger partial charge in [0.15, 0.2) is 5.78 Å². The molecule has 1 rings (SSSR count). The number of nitrogens with zero attached hydrogens (tertiary/aromatic N) is 1. The van der Waals surface area contributed by atoms with E-state index in [0.29, 0.717) is 5.78 Å². The second-order valence-electron chi connectivity index (χ2n) is 3.77. The van der Waals surface area contributed by atoms with Crippen LogP contribution in [0.1, 0.15) is 19.8 Å². The molecule has 0 amide bonds. The van der Waals surface area contributed by atoms with Crippen LogP contribution in [0.2, 0.25) is 0 Å². The number of hydrogen-bond donors (Lipinski definition) is 0. The summed E-state index contributed by atoms with van der Waals surface area (Å²) >= 11 is 0. The number of ketones is 1. The van der Waals surface area contributed by atoms with Crippen LogP contribution >= 0.6 is 0 Å². The van der Waals surface area contributed by atoms with Crippen molar-refractivity contribution >= 4 is 5.78 Å². The van der Waals surface area contributed by atoms with Gasteiger partial charge in [-0.2, -0.15) is 0 Å². The molecule has 0 saturated carbocycles. The van der Waals surface area contributed by atoms with Gasteiger partial charge in [-0.1, -0.05) is 0 Å². The molecule has 2 heteroatoms. The molecule has 1 saturated heterocycles. The Morgan fingerprint density at radius 2 is 2.10 bits per heavy atom. The Morgan fingerprint density at radius 3 is 2.30 bits per heavy atom. The van der Waals surface area contributed by atoms with Gasteiger partial charge in [0, 0.05) is 19.8 Å². The second kappa shape index (κ2) is 2.35. The lowest BCUT2D eigenvalue weighted by Gasteiger charge is -2.29. The van der Waals surface area contributed by atoms with Gasteiger partial charge in [0.2, 0.25) is 0 Å². The van der Waals surface area contributed by atoms with Gasteiger partial charge in [0.25, 0.3) is 0 Å². The molecule has 1 aliphatic heterocycles. The van der Waals surface area contributed by atoms with Crippen LogP contribution in [0, 0.1) is 0 Å². The second-order valence-corrected chi connectivity index (χ2v) is 3.77. The van der Waals surface area contributed by atoms with Crippen molar-refractivity contribution in [2.45, 2.75) is 25.8 Å². The van der Waals surface area contributed by atoms with E-state index < -0.39 is 0 Å². The van der Waals surface area contributed by atoms with Gasteiger partial charge in [0.05, 0.1) is 20.6 Å². The molecule has 0 aliphatic carbocycles. The zero-order valence-corrected chi connectivity index (χ0v) is 7.05. The normalized spacial score (nSPS) is 30.5. The van der Waals surface area contributed by atoms with E-state index in [0.717, 1.165) is 17.4 Å². The highest BCUT2D eigenvalue weighted by Crippen LogP contribution is 2.22. The molecule has 0 radical (unpaired) electrons. The van der Waals surface area contributed by atoms with Gasteiger partial charge in [-0.3, -0.25) is 4.79 Å². The molecule has 0 aromatic carbocycles. The van der Waals surface area contributed by atoms with Crippen molar-refractivity contribution in [3.05, 3.63) is 0 Å². The number of carbonyl (C=O) groups is 1. The summed E-state index contributed by atoms with van der Waals surface area (Å²) in [6, 6.07) is 0.278. The molecule has 1 atom stereocenters. The van der Waals surface area contributed by atoms with Crippen LogP contribution < -0.4 is 0 Å². The summed E-state index contributed by atoms with van der Waals surface area (Å²) in [4.78, 5) is 11.0. The first-order chi connectivity index (χ1) is 4.54. The Kier molecular flexibility index (Phi) is 1.82. The number of Topliss-reactive ketones (excluding diaryl/α,β-unsaturated/α-hetero) is 1. The molecule has 0 aromatic heterocycles. The highest BCUT2D eigenvalue weighted by atomic mass is 16.1. The number of hydrogen-bond acceptors (Lipinski definition) is 1. The van der Waals surface area contributed by atoms with Crippen molar-refractivity contribution in [2.24, 2.45) is 0 Å². The van der Waals surface area contributed by atoms with E-state index in [1.165, 1.54) is 6.42 Å². The Hall–Kier alpha value is -0.370. The zero-order chi connectivity index (χ0) is 7.78. The summed E-state index contributed by atoms with van der Waals surface area (Å²) in [6.07, 6.45) is 2.29. The van der Waals surface area contributed by atoms with Gasteiger partial charge in [-0.15, -0.1) is 0 Å². The maximum absolute atomic E-state index is 11.0. The van der Waals surface area contributed by atoms with Gasteiger partial charge >= 0.3 is 0 Å². The third-order valence-corrected chi connectivity index (χ3v) is 2.52. The maximum Gasteiger partial charge on any atom is 0.186 e. The molecule has 0 spiro atoms. The van der Waals surface area contributed by atoms with Crippen LogP contribution in [0.3, 0.4) is 0 Å². The van der Waals surface area contributed by atoms with E-state index >= 15 is 0 Å². The zero-order valence-electron chi connectivity index (χ0n) is 7.05. The number of rotatable bonds is 1. The van der Waals surface area contributed by atoms with Gasteiger partial charge in [0.1, 0.15) is 6.04 Å². The predicted molar refractivity (Wildman–Crippen MR) is 40.7 cm³/mol. The van der Waals surface area contributed by atoms with E-state index in [-0.39, 0.29) is 6.04 Å². The monoisotopic (exact) mass is 142 g/mol. The van der Waals surface area contributed by atoms with Crippen LogP contribution in [0.4, 0.5) is 0 Å². The highest BCUT2D eigenvalue weighted by Gasteiger charge is 2.36. The molecular weight excluding hydrogens is 126 g/mol. The molecule has 0 N–H and O–H groups in total.